The van der Waals surface area contributed by atoms with Crippen LogP contribution in [0.15, 0.2) is 11.9 Å². The Morgan fingerprint density at radius 1 is 1.33 bits per heavy atom. The Morgan fingerprint density at radius 2 is 1.83 bits per heavy atom. The maximum Gasteiger partial charge on any atom is 0.103 e. The number of nitrogens with zero attached hydrogens (tertiary/aromatic N) is 1. The zero-order valence-electron chi connectivity index (χ0n) is 9.28. The quantitative estimate of drug-likeness (QED) is 0.595. The molecule has 0 rings (SSSR count). The Bertz CT molecular complexity index is 154. The van der Waals surface area contributed by atoms with E-state index in [4.69, 9.17) is 0 Å². The van der Waals surface area contributed by atoms with Crippen LogP contribution in [0, 0.1) is 0 Å². The van der Waals surface area contributed by atoms with E-state index < -0.39 is 8.07 Å². The largest absolute Gasteiger partial charge is 0.385 e. The summed E-state index contributed by atoms with van der Waals surface area (Å²) in [5.74, 6) is 0. The van der Waals surface area contributed by atoms with Gasteiger partial charge in [0.25, 0.3) is 0 Å². The van der Waals surface area contributed by atoms with E-state index in [-0.39, 0.29) is 0 Å². The molecule has 0 aliphatic carbocycles. The second-order valence-corrected chi connectivity index (χ2v) is 8.91. The van der Waals surface area contributed by atoms with E-state index in [0.29, 0.717) is 0 Å². The van der Waals surface area contributed by atoms with Gasteiger partial charge in [0.05, 0.1) is 0 Å². The lowest BCUT2D eigenvalue weighted by molar-refractivity contribution is 0.539. The van der Waals surface area contributed by atoms with Crippen molar-refractivity contribution in [1.82, 2.24) is 4.90 Å². The SMILES string of the molecule is C=C(N(C)C)[Si](C)(CC)CCC. The fourth-order valence-electron chi connectivity index (χ4n) is 1.62. The molecule has 12 heavy (non-hydrogen) atoms. The minimum atomic E-state index is -1.16. The summed E-state index contributed by atoms with van der Waals surface area (Å²) in [6.45, 7) is 11.2. The summed E-state index contributed by atoms with van der Waals surface area (Å²) in [6, 6.07) is 2.69. The molecule has 0 saturated carbocycles. The van der Waals surface area contributed by atoms with Crippen molar-refractivity contribution in [3.05, 3.63) is 11.9 Å². The molecule has 1 nitrogen and oxygen atoms in total. The highest BCUT2D eigenvalue weighted by atomic mass is 28.3. The second kappa shape index (κ2) is 4.70. The van der Waals surface area contributed by atoms with Gasteiger partial charge in [-0.05, 0) is 5.32 Å². The third-order valence-corrected chi connectivity index (χ3v) is 7.82. The maximum atomic E-state index is 4.20. The molecule has 72 valence electrons. The average molecular weight is 185 g/mol. The van der Waals surface area contributed by atoms with Crippen LogP contribution in [0.1, 0.15) is 20.3 Å². The fourth-order valence-corrected chi connectivity index (χ4v) is 4.85. The van der Waals surface area contributed by atoms with Gasteiger partial charge in [-0.25, -0.2) is 0 Å². The lowest BCUT2D eigenvalue weighted by atomic mass is 10.6. The lowest BCUT2D eigenvalue weighted by Crippen LogP contribution is -2.38. The Labute approximate surface area is 78.5 Å². The fraction of sp³-hybridized carbons (Fsp3) is 0.800. The van der Waals surface area contributed by atoms with Gasteiger partial charge in [-0.15, -0.1) is 0 Å². The van der Waals surface area contributed by atoms with Gasteiger partial charge < -0.3 is 4.90 Å². The van der Waals surface area contributed by atoms with Crippen molar-refractivity contribution < 1.29 is 0 Å². The van der Waals surface area contributed by atoms with Gasteiger partial charge in [0.15, 0.2) is 0 Å². The van der Waals surface area contributed by atoms with Crippen molar-refractivity contribution in [2.75, 3.05) is 14.1 Å². The topological polar surface area (TPSA) is 3.24 Å². The zero-order valence-corrected chi connectivity index (χ0v) is 10.3. The summed E-state index contributed by atoms with van der Waals surface area (Å²) >= 11 is 0. The van der Waals surface area contributed by atoms with E-state index in [1.54, 1.807) is 0 Å². The molecule has 0 heterocycles. The first-order chi connectivity index (χ1) is 5.48. The summed E-state index contributed by atoms with van der Waals surface area (Å²) < 4.78 is 0. The van der Waals surface area contributed by atoms with Crippen LogP contribution in [-0.4, -0.2) is 27.1 Å². The molecule has 0 aromatic rings. The average Bonchev–Trinajstić information content (AvgIpc) is 2.03. The molecular weight excluding hydrogens is 162 g/mol. The summed E-state index contributed by atoms with van der Waals surface area (Å²) in [5.41, 5.74) is 0. The van der Waals surface area contributed by atoms with Crippen molar-refractivity contribution in [1.29, 1.82) is 0 Å². The Morgan fingerprint density at radius 3 is 2.08 bits per heavy atom. The Balaban J connectivity index is 4.40. The molecule has 0 aliphatic heterocycles. The molecule has 0 saturated heterocycles. The van der Waals surface area contributed by atoms with Crippen LogP contribution in [0.2, 0.25) is 18.6 Å². The Hall–Kier alpha value is -0.243. The molecule has 0 bridgehead atoms. The smallest absolute Gasteiger partial charge is 0.103 e. The molecule has 0 spiro atoms. The summed E-state index contributed by atoms with van der Waals surface area (Å²) in [4.78, 5) is 2.20. The molecule has 0 aromatic heterocycles. The van der Waals surface area contributed by atoms with E-state index in [0.717, 1.165) is 0 Å². The van der Waals surface area contributed by atoms with Crippen LogP contribution >= 0.6 is 0 Å². The summed E-state index contributed by atoms with van der Waals surface area (Å²) in [7, 11) is 3.06. The first-order valence-electron chi connectivity index (χ1n) is 4.84. The van der Waals surface area contributed by atoms with E-state index in [1.807, 2.05) is 0 Å². The molecule has 0 amide bonds. The van der Waals surface area contributed by atoms with Crippen LogP contribution in [0.3, 0.4) is 0 Å². The molecule has 2 heteroatoms. The van der Waals surface area contributed by atoms with Gasteiger partial charge in [0, 0.05) is 14.1 Å². The van der Waals surface area contributed by atoms with Crippen LogP contribution in [-0.2, 0) is 0 Å². The van der Waals surface area contributed by atoms with Gasteiger partial charge >= 0.3 is 0 Å². The van der Waals surface area contributed by atoms with Crippen molar-refractivity contribution in [3.8, 4) is 0 Å². The van der Waals surface area contributed by atoms with Gasteiger partial charge in [-0.1, -0.05) is 45.5 Å². The third-order valence-electron chi connectivity index (χ3n) is 2.82. The lowest BCUT2D eigenvalue weighted by Gasteiger charge is -2.32. The minimum absolute atomic E-state index is 1.16. The Kier molecular flexibility index (Phi) is 4.61. The van der Waals surface area contributed by atoms with Crippen LogP contribution < -0.4 is 0 Å². The minimum Gasteiger partial charge on any atom is -0.385 e. The predicted octanol–water partition coefficient (Wildman–Crippen LogP) is 3.11. The number of hydrogen-bond donors (Lipinski definition) is 0. The van der Waals surface area contributed by atoms with E-state index >= 15 is 0 Å². The predicted molar refractivity (Wildman–Crippen MR) is 60.0 cm³/mol. The maximum absolute atomic E-state index is 4.20. The number of hydrogen-bond acceptors (Lipinski definition) is 1. The van der Waals surface area contributed by atoms with Gasteiger partial charge in [-0.3, -0.25) is 0 Å². The van der Waals surface area contributed by atoms with Crippen LogP contribution in [0.5, 0.6) is 0 Å². The monoisotopic (exact) mass is 185 g/mol. The molecule has 0 aromatic carbocycles. The number of rotatable bonds is 5. The van der Waals surface area contributed by atoms with Crippen molar-refractivity contribution in [3.63, 3.8) is 0 Å². The first kappa shape index (κ1) is 11.8. The highest BCUT2D eigenvalue weighted by Gasteiger charge is 2.28. The summed E-state index contributed by atoms with van der Waals surface area (Å²) in [6.07, 6.45) is 1.30. The zero-order chi connectivity index (χ0) is 9.78. The normalized spacial score (nSPS) is 15.4. The van der Waals surface area contributed by atoms with Gasteiger partial charge in [-0.2, -0.15) is 0 Å². The van der Waals surface area contributed by atoms with E-state index in [2.05, 4.69) is 46.0 Å². The molecule has 0 N–H and O–H groups in total. The highest BCUT2D eigenvalue weighted by Crippen LogP contribution is 2.25. The molecule has 1 unspecified atom stereocenters. The van der Waals surface area contributed by atoms with Gasteiger partial charge in [0.2, 0.25) is 0 Å². The third kappa shape index (κ3) is 2.66. The molecule has 0 aliphatic rings. The molecular formula is C10H23NSi. The van der Waals surface area contributed by atoms with Gasteiger partial charge in [0.1, 0.15) is 8.07 Å². The van der Waals surface area contributed by atoms with Crippen LogP contribution in [0.25, 0.3) is 0 Å². The second-order valence-electron chi connectivity index (χ2n) is 4.01. The van der Waals surface area contributed by atoms with Crippen molar-refractivity contribution in [2.45, 2.75) is 38.9 Å². The highest BCUT2D eigenvalue weighted by molar-refractivity contribution is 6.85. The first-order valence-corrected chi connectivity index (χ1v) is 7.76. The summed E-state index contributed by atoms with van der Waals surface area (Å²) in [5, 5.41) is 1.40. The van der Waals surface area contributed by atoms with Crippen molar-refractivity contribution >= 4 is 8.07 Å². The molecule has 0 fully saturated rings. The van der Waals surface area contributed by atoms with E-state index in [1.165, 1.54) is 23.8 Å². The molecule has 0 radical (unpaired) electrons. The van der Waals surface area contributed by atoms with E-state index in [9.17, 15) is 0 Å². The molecule has 1 atom stereocenters. The van der Waals surface area contributed by atoms with Crippen molar-refractivity contribution in [2.24, 2.45) is 0 Å². The van der Waals surface area contributed by atoms with Crippen LogP contribution in [0.4, 0.5) is 0 Å². The standard InChI is InChI=1S/C10H23NSi/c1-7-9-12(6,8-2)10(3)11(4)5/h3,7-9H2,1-2,4-6H3.